The molecular weight excluding hydrogens is 1230 g/mol. The first-order valence-electron chi connectivity index (χ1n) is 40.9. The summed E-state index contributed by atoms with van der Waals surface area (Å²) < 4.78 is 34.8. The van der Waals surface area contributed by atoms with Crippen LogP contribution in [0.2, 0.25) is 0 Å². The third-order valence-corrected chi connectivity index (χ3v) is 18.6. The summed E-state index contributed by atoms with van der Waals surface area (Å²) in [5, 5.41) is 0. The highest BCUT2D eigenvalue weighted by molar-refractivity contribution is 7.47. The minimum Gasteiger partial charge on any atom is -0.462 e. The van der Waals surface area contributed by atoms with E-state index in [0.717, 1.165) is 103 Å². The summed E-state index contributed by atoms with van der Waals surface area (Å²) in [5.41, 5.74) is 0. The Bertz CT molecular complexity index is 2120. The van der Waals surface area contributed by atoms with E-state index in [-0.39, 0.29) is 32.0 Å². The van der Waals surface area contributed by atoms with E-state index in [9.17, 15) is 19.0 Å². The predicted molar refractivity (Wildman–Crippen MR) is 427 cm³/mol. The Balaban J connectivity index is 3.97. The van der Waals surface area contributed by atoms with Crippen molar-refractivity contribution in [1.82, 2.24) is 0 Å². The van der Waals surface area contributed by atoms with Crippen LogP contribution in [-0.4, -0.2) is 74.9 Å². The Morgan fingerprint density at radius 1 is 0.327 bits per heavy atom. The number of phosphoric ester groups is 1. The zero-order chi connectivity index (χ0) is 71.1. The minimum absolute atomic E-state index is 0.0291. The number of ether oxygens (including phenoxy) is 2. The second kappa shape index (κ2) is 77.3. The van der Waals surface area contributed by atoms with Gasteiger partial charge in [-0.3, -0.25) is 18.6 Å². The summed E-state index contributed by atoms with van der Waals surface area (Å²) in [4.78, 5) is 36.0. The fourth-order valence-corrected chi connectivity index (χ4v) is 12.2. The van der Waals surface area contributed by atoms with Crippen LogP contribution in [0.1, 0.15) is 361 Å². The third kappa shape index (κ3) is 81.1. The van der Waals surface area contributed by atoms with Gasteiger partial charge in [-0.2, -0.15) is 0 Å². The van der Waals surface area contributed by atoms with Crippen molar-refractivity contribution in [2.45, 2.75) is 367 Å². The largest absolute Gasteiger partial charge is 0.472 e. The fourth-order valence-electron chi connectivity index (χ4n) is 11.5. The number of nitrogens with zero attached hydrogens (tertiary/aromatic N) is 1. The van der Waals surface area contributed by atoms with Crippen molar-refractivity contribution in [1.29, 1.82) is 0 Å². The first kappa shape index (κ1) is 94.2. The number of hydrogen-bond acceptors (Lipinski definition) is 7. The highest BCUT2D eigenvalue weighted by Gasteiger charge is 2.27. The van der Waals surface area contributed by atoms with Crippen molar-refractivity contribution in [2.24, 2.45) is 0 Å². The van der Waals surface area contributed by atoms with Crippen LogP contribution >= 0.6 is 7.82 Å². The number of rotatable bonds is 75. The number of unbranched alkanes of at least 4 members (excludes halogenated alkanes) is 39. The van der Waals surface area contributed by atoms with Gasteiger partial charge in [-0.1, -0.05) is 366 Å². The van der Waals surface area contributed by atoms with E-state index in [2.05, 4.69) is 148 Å². The molecule has 0 saturated carbocycles. The zero-order valence-corrected chi connectivity index (χ0v) is 65.4. The lowest BCUT2D eigenvalue weighted by atomic mass is 10.0. The molecule has 0 bridgehead atoms. The lowest BCUT2D eigenvalue weighted by molar-refractivity contribution is -0.870. The molecule has 10 heteroatoms. The van der Waals surface area contributed by atoms with E-state index in [1.165, 1.54) is 225 Å². The van der Waals surface area contributed by atoms with Crippen LogP contribution in [0.3, 0.4) is 0 Å². The summed E-state index contributed by atoms with van der Waals surface area (Å²) in [6, 6.07) is 0. The highest BCUT2D eigenvalue weighted by Crippen LogP contribution is 2.43. The SMILES string of the molecule is CC/C=C\C/C=C\C/C=C\C/C=C\C/C=C\C/C=C\C/C=C\C/C=C\CCCCCCCCCCCCCCCCCCC(=O)OC(COC(=O)CCCCCCCCCCCCCCCCCCCC/C=C\C/C=C\C/C=C\CCCCCCC)COP(=O)(O)OCC[N+](C)(C)C. The van der Waals surface area contributed by atoms with Gasteiger partial charge in [-0.25, -0.2) is 4.57 Å². The molecule has 0 aliphatic rings. The Morgan fingerprint density at radius 3 is 0.867 bits per heavy atom. The molecule has 2 unspecified atom stereocenters. The smallest absolute Gasteiger partial charge is 0.462 e. The Labute approximate surface area is 606 Å². The fraction of sp³-hybridized carbons (Fsp3) is 0.727. The number of carbonyl (C=O) groups is 2. The van der Waals surface area contributed by atoms with Gasteiger partial charge < -0.3 is 18.9 Å². The summed E-state index contributed by atoms with van der Waals surface area (Å²) in [6.45, 7) is 4.34. The summed E-state index contributed by atoms with van der Waals surface area (Å²) >= 11 is 0. The number of quaternary nitrogens is 1. The molecule has 0 radical (unpaired) electrons. The quantitative estimate of drug-likeness (QED) is 0.0211. The van der Waals surface area contributed by atoms with E-state index in [1.54, 1.807) is 0 Å². The summed E-state index contributed by atoms with van der Waals surface area (Å²) in [6.07, 6.45) is 113. The Morgan fingerprint density at radius 2 is 0.582 bits per heavy atom. The molecule has 0 rings (SSSR count). The van der Waals surface area contributed by atoms with E-state index in [4.69, 9.17) is 18.5 Å². The monoisotopic (exact) mass is 1390 g/mol. The maximum Gasteiger partial charge on any atom is 0.472 e. The Kier molecular flexibility index (Phi) is 74.3. The maximum absolute atomic E-state index is 12.9. The molecule has 0 amide bonds. The molecule has 0 saturated heterocycles. The van der Waals surface area contributed by atoms with Gasteiger partial charge in [0, 0.05) is 12.8 Å². The predicted octanol–water partition coefficient (Wildman–Crippen LogP) is 27.5. The highest BCUT2D eigenvalue weighted by atomic mass is 31.2. The lowest BCUT2D eigenvalue weighted by Crippen LogP contribution is -2.37. The van der Waals surface area contributed by atoms with E-state index in [0.29, 0.717) is 17.4 Å². The van der Waals surface area contributed by atoms with Crippen LogP contribution in [0.25, 0.3) is 0 Å². The number of esters is 2. The molecule has 0 aliphatic carbocycles. The number of carbonyl (C=O) groups excluding carboxylic acids is 2. The molecule has 2 atom stereocenters. The average molecular weight is 1390 g/mol. The van der Waals surface area contributed by atoms with Crippen molar-refractivity contribution >= 4 is 19.8 Å². The second-order valence-corrected chi connectivity index (χ2v) is 29.9. The minimum atomic E-state index is -4.40. The molecular formula is C88H155NO8P+. The molecule has 1 N–H and O–H groups in total. The van der Waals surface area contributed by atoms with E-state index < -0.39 is 26.5 Å². The average Bonchev–Trinajstić information content (AvgIpc) is 1.08. The van der Waals surface area contributed by atoms with Crippen molar-refractivity contribution in [3.63, 3.8) is 0 Å². The summed E-state index contributed by atoms with van der Waals surface area (Å²) in [5.74, 6) is -0.787. The molecule has 564 valence electrons. The molecule has 0 fully saturated rings. The topological polar surface area (TPSA) is 108 Å². The van der Waals surface area contributed by atoms with Crippen LogP contribution in [0.4, 0.5) is 0 Å². The first-order valence-corrected chi connectivity index (χ1v) is 42.4. The van der Waals surface area contributed by atoms with Crippen LogP contribution in [0.15, 0.2) is 134 Å². The van der Waals surface area contributed by atoms with Gasteiger partial charge in [-0.05, 0) is 116 Å². The number of allylic oxidation sites excluding steroid dienone is 22. The van der Waals surface area contributed by atoms with Crippen LogP contribution in [0, 0.1) is 0 Å². The molecule has 0 aromatic rings. The van der Waals surface area contributed by atoms with Gasteiger partial charge in [0.05, 0.1) is 27.7 Å². The van der Waals surface area contributed by atoms with Crippen molar-refractivity contribution in [3.8, 4) is 0 Å². The number of phosphoric acid groups is 1. The Hall–Kier alpha value is -3.85. The zero-order valence-electron chi connectivity index (χ0n) is 64.5. The molecule has 0 aromatic heterocycles. The number of hydrogen-bond donors (Lipinski definition) is 1. The summed E-state index contributed by atoms with van der Waals surface area (Å²) in [7, 11) is 1.48. The lowest BCUT2D eigenvalue weighted by Gasteiger charge is -2.24. The van der Waals surface area contributed by atoms with Crippen molar-refractivity contribution in [2.75, 3.05) is 47.5 Å². The normalized spacial score (nSPS) is 13.7. The van der Waals surface area contributed by atoms with Crippen LogP contribution < -0.4 is 0 Å². The van der Waals surface area contributed by atoms with E-state index in [1.807, 2.05) is 21.1 Å². The van der Waals surface area contributed by atoms with Crippen LogP contribution in [0.5, 0.6) is 0 Å². The molecule has 0 aromatic carbocycles. The molecule has 0 spiro atoms. The van der Waals surface area contributed by atoms with E-state index >= 15 is 0 Å². The van der Waals surface area contributed by atoms with Crippen LogP contribution in [-0.2, 0) is 32.7 Å². The molecule has 98 heavy (non-hydrogen) atoms. The van der Waals surface area contributed by atoms with Gasteiger partial charge in [0.1, 0.15) is 19.8 Å². The van der Waals surface area contributed by atoms with Gasteiger partial charge in [-0.15, -0.1) is 0 Å². The first-order chi connectivity index (χ1) is 48.0. The molecule has 0 aliphatic heterocycles. The number of likely N-dealkylation sites (N-methyl/N-ethyl adjacent to an activating group) is 1. The maximum atomic E-state index is 12.9. The standard InChI is InChI=1S/C88H154NO8P/c1-6-8-10-12-14-16-18-20-22-24-26-28-30-32-34-36-38-40-41-42-43-44-45-46-47-49-51-53-55-57-59-61-63-65-67-69-71-73-75-77-79-81-88(91)97-86(85-96-98(92,93)95-83-82-89(3,4)5)84-94-87(90)80-78-76-74-72-70-68-66-64-62-60-58-56-54-52-50-48-39-37-35-33-31-29-27-25-23-21-19-17-15-13-11-9-7-2/h8,10,14,16,19-22,25-28,31-34,38,40,42-43,45-46,86H,6-7,9,11-13,15,17-18,23-24,29-30,35-37,39,41,44,47-85H2,1-5H3/p+1/b10-8-,16-14-,21-19-,22-20-,27-25-,28-26-,33-31-,34-32-,40-38-,43-42-,46-45-. The van der Waals surface area contributed by atoms with Crippen molar-refractivity contribution in [3.05, 3.63) is 134 Å². The van der Waals surface area contributed by atoms with Crippen molar-refractivity contribution < 1.29 is 42.1 Å². The van der Waals surface area contributed by atoms with Gasteiger partial charge in [0.25, 0.3) is 0 Å². The second-order valence-electron chi connectivity index (χ2n) is 28.4. The van der Waals surface area contributed by atoms with Gasteiger partial charge in [0.2, 0.25) is 0 Å². The third-order valence-electron chi connectivity index (χ3n) is 17.7. The van der Waals surface area contributed by atoms with Gasteiger partial charge >= 0.3 is 19.8 Å². The molecule has 0 heterocycles. The van der Waals surface area contributed by atoms with Gasteiger partial charge in [0.15, 0.2) is 6.10 Å². The molecule has 9 nitrogen and oxygen atoms in total.